The SMILES string of the molecule is CCC(CC(N)=NO)Nc1cccc(Cl)c1C. The smallest absolute Gasteiger partial charge is 0.141 e. The van der Waals surface area contributed by atoms with E-state index < -0.39 is 0 Å². The Labute approximate surface area is 106 Å². The van der Waals surface area contributed by atoms with Gasteiger partial charge in [0, 0.05) is 23.2 Å². The molecule has 0 saturated carbocycles. The normalized spacial score (nSPS) is 13.5. The minimum Gasteiger partial charge on any atom is -0.409 e. The van der Waals surface area contributed by atoms with E-state index in [0.717, 1.165) is 22.7 Å². The van der Waals surface area contributed by atoms with Crippen molar-refractivity contribution in [2.75, 3.05) is 5.32 Å². The van der Waals surface area contributed by atoms with Crippen molar-refractivity contribution in [1.29, 1.82) is 0 Å². The summed E-state index contributed by atoms with van der Waals surface area (Å²) in [6, 6.07) is 5.85. The molecule has 0 heterocycles. The van der Waals surface area contributed by atoms with Crippen molar-refractivity contribution in [2.24, 2.45) is 10.9 Å². The maximum Gasteiger partial charge on any atom is 0.141 e. The molecule has 0 saturated heterocycles. The van der Waals surface area contributed by atoms with E-state index in [1.807, 2.05) is 32.0 Å². The summed E-state index contributed by atoms with van der Waals surface area (Å²) < 4.78 is 0. The molecule has 5 heteroatoms. The van der Waals surface area contributed by atoms with Crippen molar-refractivity contribution in [3.63, 3.8) is 0 Å². The third-order valence-electron chi connectivity index (χ3n) is 2.70. The van der Waals surface area contributed by atoms with E-state index in [9.17, 15) is 0 Å². The Kier molecular flexibility index (Phi) is 5.10. The fraction of sp³-hybridized carbons (Fsp3) is 0.417. The number of nitrogens with one attached hydrogen (secondary N) is 1. The highest BCUT2D eigenvalue weighted by molar-refractivity contribution is 6.31. The first-order valence-electron chi connectivity index (χ1n) is 5.56. The largest absolute Gasteiger partial charge is 0.409 e. The summed E-state index contributed by atoms with van der Waals surface area (Å²) in [5, 5.41) is 15.6. The summed E-state index contributed by atoms with van der Waals surface area (Å²) in [6.07, 6.45) is 1.38. The summed E-state index contributed by atoms with van der Waals surface area (Å²) >= 11 is 6.05. The molecule has 0 bridgehead atoms. The van der Waals surface area contributed by atoms with Crippen LogP contribution in [0.1, 0.15) is 25.3 Å². The van der Waals surface area contributed by atoms with Crippen molar-refractivity contribution in [3.8, 4) is 0 Å². The lowest BCUT2D eigenvalue weighted by Crippen LogP contribution is -2.26. The Hall–Kier alpha value is -1.42. The van der Waals surface area contributed by atoms with E-state index in [1.54, 1.807) is 0 Å². The molecule has 0 spiro atoms. The summed E-state index contributed by atoms with van der Waals surface area (Å²) in [7, 11) is 0. The van der Waals surface area contributed by atoms with Crippen LogP contribution in [0.3, 0.4) is 0 Å². The van der Waals surface area contributed by atoms with Gasteiger partial charge >= 0.3 is 0 Å². The molecule has 0 aromatic heterocycles. The van der Waals surface area contributed by atoms with Gasteiger partial charge in [-0.3, -0.25) is 0 Å². The Bertz CT molecular complexity index is 407. The molecular formula is C12H18ClN3O. The van der Waals surface area contributed by atoms with Crippen LogP contribution in [-0.4, -0.2) is 17.1 Å². The van der Waals surface area contributed by atoms with Gasteiger partial charge in [0.05, 0.1) is 0 Å². The Morgan fingerprint density at radius 3 is 2.88 bits per heavy atom. The fourth-order valence-corrected chi connectivity index (χ4v) is 1.75. The van der Waals surface area contributed by atoms with Crippen LogP contribution < -0.4 is 11.1 Å². The predicted molar refractivity (Wildman–Crippen MR) is 71.9 cm³/mol. The lowest BCUT2D eigenvalue weighted by Gasteiger charge is -2.19. The van der Waals surface area contributed by atoms with Crippen molar-refractivity contribution in [2.45, 2.75) is 32.7 Å². The Morgan fingerprint density at radius 1 is 1.59 bits per heavy atom. The van der Waals surface area contributed by atoms with E-state index in [4.69, 9.17) is 22.5 Å². The molecule has 1 unspecified atom stereocenters. The van der Waals surface area contributed by atoms with Gasteiger partial charge < -0.3 is 16.3 Å². The summed E-state index contributed by atoms with van der Waals surface area (Å²) in [6.45, 7) is 4.00. The first kappa shape index (κ1) is 13.6. The lowest BCUT2D eigenvalue weighted by atomic mass is 10.1. The highest BCUT2D eigenvalue weighted by atomic mass is 35.5. The third-order valence-corrected chi connectivity index (χ3v) is 3.11. The minimum absolute atomic E-state index is 0.128. The fourth-order valence-electron chi connectivity index (χ4n) is 1.57. The van der Waals surface area contributed by atoms with E-state index in [-0.39, 0.29) is 11.9 Å². The maximum absolute atomic E-state index is 8.56. The average molecular weight is 256 g/mol. The van der Waals surface area contributed by atoms with Crippen LogP contribution in [0.25, 0.3) is 0 Å². The number of anilines is 1. The van der Waals surface area contributed by atoms with Gasteiger partial charge in [0.1, 0.15) is 5.84 Å². The topological polar surface area (TPSA) is 70.6 Å². The molecule has 94 valence electrons. The van der Waals surface area contributed by atoms with Gasteiger partial charge in [0.15, 0.2) is 0 Å². The zero-order chi connectivity index (χ0) is 12.8. The van der Waals surface area contributed by atoms with Crippen LogP contribution in [0.4, 0.5) is 5.69 Å². The first-order valence-corrected chi connectivity index (χ1v) is 5.94. The Balaban J connectivity index is 2.77. The van der Waals surface area contributed by atoms with Crippen LogP contribution in [0, 0.1) is 6.92 Å². The highest BCUT2D eigenvalue weighted by Crippen LogP contribution is 2.24. The van der Waals surface area contributed by atoms with Crippen LogP contribution in [0.2, 0.25) is 5.02 Å². The molecule has 0 amide bonds. The van der Waals surface area contributed by atoms with Gasteiger partial charge in [-0.15, -0.1) is 0 Å². The van der Waals surface area contributed by atoms with Gasteiger partial charge in [-0.25, -0.2) is 0 Å². The van der Waals surface area contributed by atoms with Crippen molar-refractivity contribution in [1.82, 2.24) is 0 Å². The monoisotopic (exact) mass is 255 g/mol. The second-order valence-corrected chi connectivity index (χ2v) is 4.36. The molecule has 17 heavy (non-hydrogen) atoms. The van der Waals surface area contributed by atoms with E-state index in [0.29, 0.717) is 6.42 Å². The van der Waals surface area contributed by atoms with Crippen LogP contribution >= 0.6 is 11.6 Å². The molecule has 1 rings (SSSR count). The number of amidine groups is 1. The molecule has 1 aromatic rings. The van der Waals surface area contributed by atoms with Gasteiger partial charge in [0.2, 0.25) is 0 Å². The third kappa shape index (κ3) is 3.82. The zero-order valence-corrected chi connectivity index (χ0v) is 10.8. The van der Waals surface area contributed by atoms with Gasteiger partial charge in [0.25, 0.3) is 0 Å². The molecule has 0 aliphatic carbocycles. The molecule has 0 fully saturated rings. The molecule has 0 aliphatic heterocycles. The summed E-state index contributed by atoms with van der Waals surface area (Å²) in [5.41, 5.74) is 7.49. The highest BCUT2D eigenvalue weighted by Gasteiger charge is 2.10. The number of hydrogen-bond donors (Lipinski definition) is 3. The first-order chi connectivity index (χ1) is 8.08. The molecule has 4 nitrogen and oxygen atoms in total. The maximum atomic E-state index is 8.56. The summed E-state index contributed by atoms with van der Waals surface area (Å²) in [4.78, 5) is 0. The number of hydrogen-bond acceptors (Lipinski definition) is 3. The molecule has 1 aromatic carbocycles. The number of nitrogens with zero attached hydrogens (tertiary/aromatic N) is 1. The number of rotatable bonds is 5. The summed E-state index contributed by atoms with van der Waals surface area (Å²) in [5.74, 6) is 0.226. The van der Waals surface area contributed by atoms with Gasteiger partial charge in [-0.05, 0) is 31.0 Å². The molecule has 0 radical (unpaired) electrons. The molecule has 0 aliphatic rings. The van der Waals surface area contributed by atoms with Crippen LogP contribution in [0.5, 0.6) is 0 Å². The average Bonchev–Trinajstić information content (AvgIpc) is 2.33. The standard InChI is InChI=1S/C12H18ClN3O/c1-3-9(7-12(14)16-17)15-11-6-4-5-10(13)8(11)2/h4-6,9,15,17H,3,7H2,1-2H3,(H2,14,16). The van der Waals surface area contributed by atoms with Gasteiger partial charge in [-0.1, -0.05) is 29.7 Å². The lowest BCUT2D eigenvalue weighted by molar-refractivity contribution is 0.316. The zero-order valence-electron chi connectivity index (χ0n) is 10.1. The molecule has 1 atom stereocenters. The van der Waals surface area contributed by atoms with Crippen LogP contribution in [-0.2, 0) is 0 Å². The van der Waals surface area contributed by atoms with E-state index >= 15 is 0 Å². The molecule has 4 N–H and O–H groups in total. The second-order valence-electron chi connectivity index (χ2n) is 3.96. The number of nitrogens with two attached hydrogens (primary N) is 1. The van der Waals surface area contributed by atoms with Crippen LogP contribution in [0.15, 0.2) is 23.4 Å². The van der Waals surface area contributed by atoms with Gasteiger partial charge in [-0.2, -0.15) is 0 Å². The van der Waals surface area contributed by atoms with Crippen molar-refractivity contribution >= 4 is 23.1 Å². The van der Waals surface area contributed by atoms with E-state index in [1.165, 1.54) is 0 Å². The predicted octanol–water partition coefficient (Wildman–Crippen LogP) is 2.98. The number of halogens is 1. The number of oxime groups is 1. The quantitative estimate of drug-likeness (QED) is 0.328. The Morgan fingerprint density at radius 2 is 2.29 bits per heavy atom. The van der Waals surface area contributed by atoms with Crippen molar-refractivity contribution in [3.05, 3.63) is 28.8 Å². The van der Waals surface area contributed by atoms with Crippen molar-refractivity contribution < 1.29 is 5.21 Å². The second kappa shape index (κ2) is 6.35. The number of benzene rings is 1. The van der Waals surface area contributed by atoms with E-state index in [2.05, 4.69) is 10.5 Å². The minimum atomic E-state index is 0.128. The molecular weight excluding hydrogens is 238 g/mol.